The highest BCUT2D eigenvalue weighted by molar-refractivity contribution is 4.90. The lowest BCUT2D eigenvalue weighted by atomic mass is 10.0. The Labute approximate surface area is 162 Å². The Kier molecular flexibility index (Phi) is 11.1. The van der Waals surface area contributed by atoms with E-state index in [1.165, 1.54) is 0 Å². The van der Waals surface area contributed by atoms with Crippen molar-refractivity contribution in [3.63, 3.8) is 0 Å². The summed E-state index contributed by atoms with van der Waals surface area (Å²) in [7, 11) is 0. The summed E-state index contributed by atoms with van der Waals surface area (Å²) in [6.45, 7) is 1.47. The predicted molar refractivity (Wildman–Crippen MR) is 91.7 cm³/mol. The molecular weight excluding hydrogens is 393 g/mol. The molecule has 0 radical (unpaired) electrons. The topological polar surface area (TPSA) is 18.5 Å². The van der Waals surface area contributed by atoms with Gasteiger partial charge in [0.1, 0.15) is 0 Å². The molecule has 0 saturated carbocycles. The smallest absolute Gasteiger partial charge is 0.353 e. The second kappa shape index (κ2) is 12.2. The van der Waals surface area contributed by atoms with Gasteiger partial charge in [-0.3, -0.25) is 0 Å². The van der Waals surface area contributed by atoms with Crippen LogP contribution in [-0.4, -0.2) is 37.5 Å². The van der Waals surface area contributed by atoms with E-state index in [0.29, 0.717) is 13.0 Å². The van der Waals surface area contributed by atoms with E-state index >= 15 is 0 Å². The van der Waals surface area contributed by atoms with E-state index in [1.807, 2.05) is 0 Å². The Morgan fingerprint density at radius 1 is 0.714 bits per heavy atom. The number of ether oxygens (including phenoxy) is 2. The molecule has 0 aliphatic carbocycles. The van der Waals surface area contributed by atoms with Crippen molar-refractivity contribution in [1.29, 1.82) is 0 Å². The van der Waals surface area contributed by atoms with Crippen molar-refractivity contribution >= 4 is 0 Å². The van der Waals surface area contributed by atoms with E-state index in [2.05, 4.69) is 0 Å². The van der Waals surface area contributed by atoms with Gasteiger partial charge in [-0.25, -0.2) is 0 Å². The Balaban J connectivity index is 1.91. The number of unbranched alkanes of at least 4 members (excludes halogenated alkanes) is 9. The van der Waals surface area contributed by atoms with Crippen LogP contribution in [-0.2, 0) is 9.47 Å². The first-order chi connectivity index (χ1) is 13.1. The lowest BCUT2D eigenvalue weighted by Crippen LogP contribution is -2.51. The van der Waals surface area contributed by atoms with E-state index in [0.717, 1.165) is 64.4 Å². The molecule has 0 aromatic rings. The second-order valence-corrected chi connectivity index (χ2v) is 7.38. The fraction of sp³-hybridized carbons (Fsp3) is 1.00. The molecule has 168 valence electrons. The number of halogens is 7. The van der Waals surface area contributed by atoms with Gasteiger partial charge in [0, 0.05) is 26.1 Å². The maximum Gasteiger partial charge on any atom is 0.459 e. The summed E-state index contributed by atoms with van der Waals surface area (Å²) in [5.41, 5.74) is 0. The first-order valence-corrected chi connectivity index (χ1v) is 10.1. The minimum atomic E-state index is -6.23. The average molecular weight is 424 g/mol. The van der Waals surface area contributed by atoms with Crippen molar-refractivity contribution in [2.75, 3.05) is 13.2 Å². The summed E-state index contributed by atoms with van der Waals surface area (Å²) in [5, 5.41) is 0. The summed E-state index contributed by atoms with van der Waals surface area (Å²) in [6, 6.07) is 0. The van der Waals surface area contributed by atoms with E-state index < -0.39 is 24.4 Å². The normalized spacial score (nSPS) is 18.8. The van der Waals surface area contributed by atoms with Gasteiger partial charge >= 0.3 is 18.0 Å². The minimum Gasteiger partial charge on any atom is -0.353 e. The predicted octanol–water partition coefficient (Wildman–Crippen LogP) is 7.26. The molecule has 1 saturated heterocycles. The van der Waals surface area contributed by atoms with Gasteiger partial charge in [-0.1, -0.05) is 51.4 Å². The van der Waals surface area contributed by atoms with Crippen LogP contribution >= 0.6 is 0 Å². The maximum absolute atomic E-state index is 13.1. The summed E-state index contributed by atoms with van der Waals surface area (Å²) < 4.78 is 98.6. The third kappa shape index (κ3) is 8.84. The molecule has 1 heterocycles. The Bertz CT molecular complexity index is 408. The molecule has 2 nitrogen and oxygen atoms in total. The maximum atomic E-state index is 13.1. The van der Waals surface area contributed by atoms with Crippen LogP contribution in [0.25, 0.3) is 0 Å². The summed E-state index contributed by atoms with van der Waals surface area (Å²) in [4.78, 5) is 0. The summed E-state index contributed by atoms with van der Waals surface area (Å²) in [5.74, 6) is -11.0. The monoisotopic (exact) mass is 424 g/mol. The van der Waals surface area contributed by atoms with Crippen molar-refractivity contribution in [3.8, 4) is 0 Å². The molecule has 0 amide bonds. The zero-order valence-electron chi connectivity index (χ0n) is 16.1. The fourth-order valence-corrected chi connectivity index (χ4v) is 3.12. The molecule has 1 aliphatic heterocycles. The third-order valence-electron chi connectivity index (χ3n) is 4.89. The van der Waals surface area contributed by atoms with E-state index in [1.54, 1.807) is 0 Å². The lowest BCUT2D eigenvalue weighted by molar-refractivity contribution is -0.355. The van der Waals surface area contributed by atoms with Crippen LogP contribution in [0.1, 0.15) is 83.5 Å². The first-order valence-electron chi connectivity index (χ1n) is 10.1. The minimum absolute atomic E-state index is 0.0420. The van der Waals surface area contributed by atoms with Crippen LogP contribution < -0.4 is 0 Å². The van der Waals surface area contributed by atoms with Gasteiger partial charge in [-0.2, -0.15) is 30.7 Å². The van der Waals surface area contributed by atoms with Gasteiger partial charge in [0.05, 0.1) is 0 Å². The van der Waals surface area contributed by atoms with Gasteiger partial charge in [0.2, 0.25) is 0 Å². The Morgan fingerprint density at radius 3 is 1.68 bits per heavy atom. The molecule has 28 heavy (non-hydrogen) atoms. The van der Waals surface area contributed by atoms with Gasteiger partial charge in [0.25, 0.3) is 0 Å². The van der Waals surface area contributed by atoms with Crippen molar-refractivity contribution in [2.24, 2.45) is 0 Å². The number of hydrogen-bond donors (Lipinski definition) is 0. The summed E-state index contributed by atoms with van der Waals surface area (Å²) >= 11 is 0. The van der Waals surface area contributed by atoms with Crippen LogP contribution in [0.15, 0.2) is 0 Å². The van der Waals surface area contributed by atoms with Crippen molar-refractivity contribution in [3.05, 3.63) is 0 Å². The molecule has 1 unspecified atom stereocenters. The highest BCUT2D eigenvalue weighted by Crippen LogP contribution is 2.48. The lowest BCUT2D eigenvalue weighted by Gasteiger charge is -2.28. The molecule has 1 fully saturated rings. The first kappa shape index (κ1) is 25.5. The van der Waals surface area contributed by atoms with Crippen molar-refractivity contribution < 1.29 is 40.2 Å². The molecule has 1 rings (SSSR count). The highest BCUT2D eigenvalue weighted by atomic mass is 19.4. The van der Waals surface area contributed by atoms with E-state index in [-0.39, 0.29) is 19.1 Å². The van der Waals surface area contributed by atoms with Gasteiger partial charge in [0.15, 0.2) is 6.29 Å². The molecule has 0 aromatic carbocycles. The molecular formula is C19H31F7O2. The summed E-state index contributed by atoms with van der Waals surface area (Å²) in [6.07, 6.45) is 1.57. The standard InChI is InChI=1S/C19H31F7O2/c20-17(21,18(22,23)19(24,25)26)13-9-7-5-3-1-2-4-6-8-10-14-27-16-12-11-15-28-16/h16H,1-15H2. The van der Waals surface area contributed by atoms with Crippen LogP contribution in [0.3, 0.4) is 0 Å². The van der Waals surface area contributed by atoms with Crippen LogP contribution in [0.4, 0.5) is 30.7 Å². The molecule has 1 aliphatic rings. The molecule has 0 spiro atoms. The van der Waals surface area contributed by atoms with Crippen LogP contribution in [0.5, 0.6) is 0 Å². The van der Waals surface area contributed by atoms with Gasteiger partial charge < -0.3 is 9.47 Å². The molecule has 0 bridgehead atoms. The van der Waals surface area contributed by atoms with E-state index in [9.17, 15) is 30.7 Å². The number of hydrogen-bond acceptors (Lipinski definition) is 2. The largest absolute Gasteiger partial charge is 0.459 e. The fourth-order valence-electron chi connectivity index (χ4n) is 3.12. The highest BCUT2D eigenvalue weighted by Gasteiger charge is 2.72. The Morgan fingerprint density at radius 2 is 1.21 bits per heavy atom. The van der Waals surface area contributed by atoms with E-state index in [4.69, 9.17) is 9.47 Å². The third-order valence-corrected chi connectivity index (χ3v) is 4.89. The molecule has 0 aromatic heterocycles. The quantitative estimate of drug-likeness (QED) is 0.203. The zero-order valence-corrected chi connectivity index (χ0v) is 16.1. The van der Waals surface area contributed by atoms with Gasteiger partial charge in [-0.05, 0) is 19.3 Å². The molecule has 0 N–H and O–H groups in total. The van der Waals surface area contributed by atoms with Crippen molar-refractivity contribution in [1.82, 2.24) is 0 Å². The Hall–Kier alpha value is -0.570. The second-order valence-electron chi connectivity index (χ2n) is 7.38. The number of rotatable bonds is 15. The van der Waals surface area contributed by atoms with Crippen molar-refractivity contribution in [2.45, 2.75) is 108 Å². The molecule has 9 heteroatoms. The molecule has 1 atom stereocenters. The zero-order chi connectivity index (χ0) is 21.1. The number of alkyl halides is 7. The average Bonchev–Trinajstić information content (AvgIpc) is 3.11. The SMILES string of the molecule is FC(F)(F)C(F)(F)C(F)(F)CCCCCCCCCCCCOC1CCCO1. The van der Waals surface area contributed by atoms with Crippen LogP contribution in [0, 0.1) is 0 Å². The van der Waals surface area contributed by atoms with Gasteiger partial charge in [-0.15, -0.1) is 0 Å². The van der Waals surface area contributed by atoms with Crippen LogP contribution in [0.2, 0.25) is 0 Å².